The summed E-state index contributed by atoms with van der Waals surface area (Å²) in [5.41, 5.74) is 2.12. The van der Waals surface area contributed by atoms with Gasteiger partial charge in [0.05, 0.1) is 0 Å². The van der Waals surface area contributed by atoms with Crippen LogP contribution in [-0.2, 0) is 14.2 Å². The molecule has 1 aromatic rings. The standard InChI is InChI=1S/C18H27NO4/c1-12(2)16(23-18(20)19-14-9-10-14)17(22-11-21-4)15-8-6-5-7-13(15)3/h5-8,12,14,16-17H,9-11H2,1-4H3,(H,19,20). The number of ether oxygens (including phenoxy) is 3. The summed E-state index contributed by atoms with van der Waals surface area (Å²) in [5, 5.41) is 2.87. The Morgan fingerprint density at radius 2 is 2.00 bits per heavy atom. The first-order valence-corrected chi connectivity index (χ1v) is 8.16. The largest absolute Gasteiger partial charge is 0.443 e. The van der Waals surface area contributed by atoms with E-state index in [2.05, 4.69) is 5.32 Å². The Balaban J connectivity index is 2.17. The third-order valence-electron chi connectivity index (χ3n) is 3.96. The zero-order valence-corrected chi connectivity index (χ0v) is 14.4. The van der Waals surface area contributed by atoms with Crippen LogP contribution in [0, 0.1) is 12.8 Å². The minimum absolute atomic E-state index is 0.112. The molecule has 1 aliphatic rings. The molecular formula is C18H27NO4. The Kier molecular flexibility index (Phi) is 6.42. The third kappa shape index (κ3) is 5.22. The van der Waals surface area contributed by atoms with E-state index >= 15 is 0 Å². The van der Waals surface area contributed by atoms with Gasteiger partial charge >= 0.3 is 6.09 Å². The first-order chi connectivity index (χ1) is 11.0. The van der Waals surface area contributed by atoms with Gasteiger partial charge in [0.25, 0.3) is 0 Å². The van der Waals surface area contributed by atoms with Crippen molar-refractivity contribution in [3.05, 3.63) is 35.4 Å². The van der Waals surface area contributed by atoms with Crippen LogP contribution in [0.15, 0.2) is 24.3 Å². The molecule has 0 aromatic heterocycles. The highest BCUT2D eigenvalue weighted by Gasteiger charge is 2.33. The molecule has 1 N–H and O–H groups in total. The highest BCUT2D eigenvalue weighted by molar-refractivity contribution is 5.68. The number of methoxy groups -OCH3 is 1. The minimum Gasteiger partial charge on any atom is -0.443 e. The molecule has 23 heavy (non-hydrogen) atoms. The second kappa shape index (κ2) is 8.31. The van der Waals surface area contributed by atoms with Crippen LogP contribution in [0.5, 0.6) is 0 Å². The Morgan fingerprint density at radius 3 is 2.57 bits per heavy atom. The van der Waals surface area contributed by atoms with Gasteiger partial charge in [0.15, 0.2) is 0 Å². The quantitative estimate of drug-likeness (QED) is 0.744. The number of hydrogen-bond donors (Lipinski definition) is 1. The van der Waals surface area contributed by atoms with Gasteiger partial charge in [-0.2, -0.15) is 0 Å². The van der Waals surface area contributed by atoms with Gasteiger partial charge in [-0.15, -0.1) is 0 Å². The molecule has 2 atom stereocenters. The second-order valence-corrected chi connectivity index (χ2v) is 6.38. The van der Waals surface area contributed by atoms with Crippen molar-refractivity contribution in [1.82, 2.24) is 5.32 Å². The number of alkyl carbamates (subject to hydrolysis) is 1. The second-order valence-electron chi connectivity index (χ2n) is 6.38. The Morgan fingerprint density at radius 1 is 1.30 bits per heavy atom. The maximum atomic E-state index is 12.1. The van der Waals surface area contributed by atoms with Crippen LogP contribution in [0.25, 0.3) is 0 Å². The lowest BCUT2D eigenvalue weighted by Gasteiger charge is -2.31. The van der Waals surface area contributed by atoms with E-state index in [1.54, 1.807) is 7.11 Å². The first kappa shape index (κ1) is 17.8. The summed E-state index contributed by atoms with van der Waals surface area (Å²) in [6, 6.07) is 8.25. The molecule has 1 saturated carbocycles. The van der Waals surface area contributed by atoms with Crippen molar-refractivity contribution in [2.24, 2.45) is 5.92 Å². The minimum atomic E-state index is -0.384. The number of hydrogen-bond acceptors (Lipinski definition) is 4. The van der Waals surface area contributed by atoms with E-state index < -0.39 is 0 Å². The predicted octanol–water partition coefficient (Wildman–Crippen LogP) is 3.57. The van der Waals surface area contributed by atoms with Gasteiger partial charge in [0.2, 0.25) is 0 Å². The highest BCUT2D eigenvalue weighted by Crippen LogP contribution is 2.31. The molecule has 0 heterocycles. The fourth-order valence-electron chi connectivity index (χ4n) is 2.51. The summed E-state index contributed by atoms with van der Waals surface area (Å²) in [6.45, 7) is 6.23. The van der Waals surface area contributed by atoms with Gasteiger partial charge in [-0.3, -0.25) is 0 Å². The molecule has 0 radical (unpaired) electrons. The van der Waals surface area contributed by atoms with Gasteiger partial charge in [-0.25, -0.2) is 4.79 Å². The lowest BCUT2D eigenvalue weighted by Crippen LogP contribution is -2.37. The molecule has 0 aliphatic heterocycles. The highest BCUT2D eigenvalue weighted by atomic mass is 16.7. The van der Waals surface area contributed by atoms with Crippen LogP contribution in [0.4, 0.5) is 4.79 Å². The number of carbonyl (C=O) groups excluding carboxylic acids is 1. The SMILES string of the molecule is COCOC(c1ccccc1C)C(OC(=O)NC1CC1)C(C)C. The summed E-state index contributed by atoms with van der Waals surface area (Å²) in [6.07, 6.45) is 0.947. The van der Waals surface area contributed by atoms with Crippen molar-refractivity contribution in [1.29, 1.82) is 0 Å². The van der Waals surface area contributed by atoms with Crippen molar-refractivity contribution in [3.63, 3.8) is 0 Å². The molecule has 1 aromatic carbocycles. The topological polar surface area (TPSA) is 56.8 Å². The van der Waals surface area contributed by atoms with Crippen molar-refractivity contribution >= 4 is 6.09 Å². The van der Waals surface area contributed by atoms with E-state index in [0.717, 1.165) is 24.0 Å². The number of nitrogens with one attached hydrogen (secondary N) is 1. The summed E-state index contributed by atoms with van der Waals surface area (Å²) < 4.78 is 16.6. The van der Waals surface area contributed by atoms with Crippen LogP contribution >= 0.6 is 0 Å². The van der Waals surface area contributed by atoms with Gasteiger partial charge < -0.3 is 19.5 Å². The lowest BCUT2D eigenvalue weighted by atomic mass is 9.93. The first-order valence-electron chi connectivity index (χ1n) is 8.16. The normalized spacial score (nSPS) is 16.9. The van der Waals surface area contributed by atoms with E-state index in [4.69, 9.17) is 14.2 Å². The average molecular weight is 321 g/mol. The van der Waals surface area contributed by atoms with Crippen LogP contribution in [-0.4, -0.2) is 32.1 Å². The maximum Gasteiger partial charge on any atom is 0.407 e. The van der Waals surface area contributed by atoms with Crippen molar-refractivity contribution in [3.8, 4) is 0 Å². The van der Waals surface area contributed by atoms with Crippen molar-refractivity contribution in [2.45, 2.75) is 51.9 Å². The van der Waals surface area contributed by atoms with E-state index in [9.17, 15) is 4.79 Å². The van der Waals surface area contributed by atoms with E-state index in [1.165, 1.54) is 0 Å². The fraction of sp³-hybridized carbons (Fsp3) is 0.611. The number of aryl methyl sites for hydroxylation is 1. The Bertz CT molecular complexity index is 513. The summed E-state index contributed by atoms with van der Waals surface area (Å²) >= 11 is 0. The van der Waals surface area contributed by atoms with E-state index in [1.807, 2.05) is 45.0 Å². The molecule has 1 amide bonds. The molecule has 0 bridgehead atoms. The molecule has 2 rings (SSSR count). The summed E-state index contributed by atoms with van der Waals surface area (Å²) in [5.74, 6) is 0.112. The van der Waals surface area contributed by atoms with Crippen molar-refractivity contribution in [2.75, 3.05) is 13.9 Å². The summed E-state index contributed by atoms with van der Waals surface area (Å²) in [4.78, 5) is 12.1. The monoisotopic (exact) mass is 321 g/mol. The molecule has 0 spiro atoms. The molecule has 1 aliphatic carbocycles. The predicted molar refractivity (Wildman–Crippen MR) is 88.1 cm³/mol. The Labute approximate surface area is 138 Å². The number of amides is 1. The molecule has 0 saturated heterocycles. The van der Waals surface area contributed by atoms with Crippen LogP contribution in [0.2, 0.25) is 0 Å². The lowest BCUT2D eigenvalue weighted by molar-refractivity contribution is -0.125. The number of carbonyl (C=O) groups is 1. The van der Waals surface area contributed by atoms with Gasteiger partial charge in [0.1, 0.15) is 19.0 Å². The summed E-state index contributed by atoms with van der Waals surface area (Å²) in [7, 11) is 1.58. The smallest absolute Gasteiger partial charge is 0.407 e. The average Bonchev–Trinajstić information content (AvgIpc) is 3.31. The van der Waals surface area contributed by atoms with E-state index in [-0.39, 0.29) is 37.1 Å². The number of rotatable bonds is 8. The Hall–Kier alpha value is -1.59. The maximum absolute atomic E-state index is 12.1. The molecule has 5 heteroatoms. The zero-order valence-electron chi connectivity index (χ0n) is 14.4. The van der Waals surface area contributed by atoms with Crippen LogP contribution in [0.3, 0.4) is 0 Å². The van der Waals surface area contributed by atoms with Crippen LogP contribution < -0.4 is 5.32 Å². The molecule has 128 valence electrons. The van der Waals surface area contributed by atoms with Gasteiger partial charge in [-0.05, 0) is 36.8 Å². The zero-order chi connectivity index (χ0) is 16.8. The van der Waals surface area contributed by atoms with Crippen molar-refractivity contribution < 1.29 is 19.0 Å². The number of benzene rings is 1. The molecular weight excluding hydrogens is 294 g/mol. The molecule has 5 nitrogen and oxygen atoms in total. The van der Waals surface area contributed by atoms with Gasteiger partial charge in [-0.1, -0.05) is 38.1 Å². The third-order valence-corrected chi connectivity index (χ3v) is 3.96. The van der Waals surface area contributed by atoms with Crippen LogP contribution in [0.1, 0.15) is 43.9 Å². The molecule has 2 unspecified atom stereocenters. The van der Waals surface area contributed by atoms with E-state index in [0.29, 0.717) is 0 Å². The molecule has 1 fully saturated rings. The fourth-order valence-corrected chi connectivity index (χ4v) is 2.51. The van der Waals surface area contributed by atoms with Gasteiger partial charge in [0, 0.05) is 13.2 Å².